The van der Waals surface area contributed by atoms with Gasteiger partial charge in [0.05, 0.1) is 12.5 Å². The van der Waals surface area contributed by atoms with E-state index >= 15 is 0 Å². The Labute approximate surface area is 125 Å². The number of halogens is 1. The van der Waals surface area contributed by atoms with Gasteiger partial charge in [-0.1, -0.05) is 15.9 Å². The fourth-order valence-electron chi connectivity index (χ4n) is 2.45. The number of hydrogen-bond acceptors (Lipinski definition) is 3. The van der Waals surface area contributed by atoms with Crippen LogP contribution in [0.25, 0.3) is 0 Å². The van der Waals surface area contributed by atoms with Gasteiger partial charge in [-0.05, 0) is 48.9 Å². The van der Waals surface area contributed by atoms with Gasteiger partial charge in [0.25, 0.3) is 0 Å². The molecule has 5 nitrogen and oxygen atoms in total. The summed E-state index contributed by atoms with van der Waals surface area (Å²) in [6.45, 7) is 0. The number of carbonyl (C=O) groups is 2. The lowest BCUT2D eigenvalue weighted by Crippen LogP contribution is -2.37. The standard InChI is InChI=1S/C14H17BrN2O3/c15-10-5-6-12(9-4-2-1-3-8(9)10)17-14(20)11(16)7-13(18)19/h5-6,11H,1-4,7,16H2,(H,17,20)(H,18,19)/t11-/m0/s1. The van der Waals surface area contributed by atoms with Gasteiger partial charge in [0.15, 0.2) is 0 Å². The van der Waals surface area contributed by atoms with E-state index in [1.54, 1.807) is 0 Å². The zero-order chi connectivity index (χ0) is 14.7. The minimum absolute atomic E-state index is 0.370. The second-order valence-corrected chi connectivity index (χ2v) is 5.81. The van der Waals surface area contributed by atoms with Crippen molar-refractivity contribution >= 4 is 33.5 Å². The van der Waals surface area contributed by atoms with Gasteiger partial charge >= 0.3 is 5.97 Å². The number of nitrogens with one attached hydrogen (secondary N) is 1. The van der Waals surface area contributed by atoms with Crippen LogP contribution in [0.15, 0.2) is 16.6 Å². The number of aliphatic carboxylic acids is 1. The van der Waals surface area contributed by atoms with Crippen molar-refractivity contribution in [3.05, 3.63) is 27.7 Å². The SMILES string of the molecule is N[C@@H](CC(=O)O)C(=O)Nc1ccc(Br)c2c1CCCC2. The normalized spacial score (nSPS) is 15.3. The number of amides is 1. The zero-order valence-corrected chi connectivity index (χ0v) is 12.6. The van der Waals surface area contributed by atoms with Crippen LogP contribution in [0.3, 0.4) is 0 Å². The van der Waals surface area contributed by atoms with Gasteiger partial charge in [-0.25, -0.2) is 0 Å². The highest BCUT2D eigenvalue weighted by Gasteiger charge is 2.21. The van der Waals surface area contributed by atoms with Gasteiger partial charge in [0.1, 0.15) is 0 Å². The lowest BCUT2D eigenvalue weighted by Gasteiger charge is -2.22. The van der Waals surface area contributed by atoms with Gasteiger partial charge in [-0.15, -0.1) is 0 Å². The summed E-state index contributed by atoms with van der Waals surface area (Å²) in [5.74, 6) is -1.53. The average molecular weight is 341 g/mol. The molecule has 0 saturated heterocycles. The third-order valence-corrected chi connectivity index (χ3v) is 4.21. The van der Waals surface area contributed by atoms with Crippen molar-refractivity contribution in [2.75, 3.05) is 5.32 Å². The molecular weight excluding hydrogens is 324 g/mol. The molecule has 108 valence electrons. The van der Waals surface area contributed by atoms with Crippen LogP contribution in [0.5, 0.6) is 0 Å². The number of anilines is 1. The fraction of sp³-hybridized carbons (Fsp3) is 0.429. The molecule has 0 unspecified atom stereocenters. The minimum Gasteiger partial charge on any atom is -0.481 e. The molecule has 1 aromatic rings. The third kappa shape index (κ3) is 3.37. The van der Waals surface area contributed by atoms with Crippen LogP contribution in [0, 0.1) is 0 Å². The van der Waals surface area contributed by atoms with E-state index in [2.05, 4.69) is 21.2 Å². The second kappa shape index (κ2) is 6.37. The summed E-state index contributed by atoms with van der Waals surface area (Å²) in [5, 5.41) is 11.4. The lowest BCUT2D eigenvalue weighted by molar-refractivity contribution is -0.138. The number of carboxylic acids is 1. The van der Waals surface area contributed by atoms with Crippen molar-refractivity contribution in [1.29, 1.82) is 0 Å². The van der Waals surface area contributed by atoms with Crippen molar-refractivity contribution in [2.24, 2.45) is 5.73 Å². The highest BCUT2D eigenvalue weighted by Crippen LogP contribution is 2.33. The van der Waals surface area contributed by atoms with Crippen molar-refractivity contribution in [2.45, 2.75) is 38.1 Å². The van der Waals surface area contributed by atoms with E-state index < -0.39 is 17.9 Å². The summed E-state index contributed by atoms with van der Waals surface area (Å²) in [6.07, 6.45) is 3.76. The molecule has 0 aromatic heterocycles. The highest BCUT2D eigenvalue weighted by atomic mass is 79.9. The number of benzene rings is 1. The van der Waals surface area contributed by atoms with Crippen molar-refractivity contribution in [3.63, 3.8) is 0 Å². The molecule has 0 spiro atoms. The topological polar surface area (TPSA) is 92.4 Å². The van der Waals surface area contributed by atoms with Crippen LogP contribution in [0.2, 0.25) is 0 Å². The summed E-state index contributed by atoms with van der Waals surface area (Å²) in [7, 11) is 0. The molecule has 0 aliphatic heterocycles. The maximum Gasteiger partial charge on any atom is 0.305 e. The number of rotatable bonds is 4. The molecule has 1 aromatic carbocycles. The Morgan fingerprint density at radius 2 is 1.95 bits per heavy atom. The number of nitrogens with two attached hydrogens (primary N) is 1. The van der Waals surface area contributed by atoms with Crippen LogP contribution in [-0.2, 0) is 22.4 Å². The van der Waals surface area contributed by atoms with Gasteiger partial charge in [0, 0.05) is 10.2 Å². The predicted molar refractivity (Wildman–Crippen MR) is 79.6 cm³/mol. The van der Waals surface area contributed by atoms with E-state index in [-0.39, 0.29) is 6.42 Å². The smallest absolute Gasteiger partial charge is 0.305 e. The maximum atomic E-state index is 11.9. The molecule has 1 atom stereocenters. The van der Waals surface area contributed by atoms with E-state index in [4.69, 9.17) is 10.8 Å². The Bertz CT molecular complexity index is 545. The number of fused-ring (bicyclic) bond motifs is 1. The molecule has 20 heavy (non-hydrogen) atoms. The first-order valence-corrected chi connectivity index (χ1v) is 7.37. The second-order valence-electron chi connectivity index (χ2n) is 4.95. The van der Waals surface area contributed by atoms with Crippen molar-refractivity contribution < 1.29 is 14.7 Å². The van der Waals surface area contributed by atoms with E-state index in [0.29, 0.717) is 0 Å². The van der Waals surface area contributed by atoms with Gasteiger partial charge in [-0.3, -0.25) is 9.59 Å². The summed E-state index contributed by atoms with van der Waals surface area (Å²) in [4.78, 5) is 22.5. The van der Waals surface area contributed by atoms with Crippen LogP contribution < -0.4 is 11.1 Å². The van der Waals surface area contributed by atoms with E-state index in [1.807, 2.05) is 12.1 Å². The summed E-state index contributed by atoms with van der Waals surface area (Å²) in [6, 6.07) is 2.71. The van der Waals surface area contributed by atoms with Crippen molar-refractivity contribution in [3.8, 4) is 0 Å². The lowest BCUT2D eigenvalue weighted by atomic mass is 9.90. The maximum absolute atomic E-state index is 11.9. The third-order valence-electron chi connectivity index (χ3n) is 3.47. The summed E-state index contributed by atoms with van der Waals surface area (Å²) >= 11 is 3.53. The van der Waals surface area contributed by atoms with Gasteiger partial charge in [0.2, 0.25) is 5.91 Å². The minimum atomic E-state index is -1.08. The molecule has 1 aliphatic carbocycles. The largest absolute Gasteiger partial charge is 0.481 e. The Morgan fingerprint density at radius 1 is 1.30 bits per heavy atom. The molecule has 0 radical (unpaired) electrons. The summed E-state index contributed by atoms with van der Waals surface area (Å²) < 4.78 is 1.06. The predicted octanol–water partition coefficient (Wildman–Crippen LogP) is 2.07. The highest BCUT2D eigenvalue weighted by molar-refractivity contribution is 9.10. The number of carbonyl (C=O) groups excluding carboxylic acids is 1. The molecule has 0 bridgehead atoms. The molecular formula is C14H17BrN2O3. The average Bonchev–Trinajstić information content (AvgIpc) is 2.41. The van der Waals surface area contributed by atoms with Crippen LogP contribution in [-0.4, -0.2) is 23.0 Å². The van der Waals surface area contributed by atoms with Crippen LogP contribution >= 0.6 is 15.9 Å². The number of carboxylic acid groups (broad SMARTS) is 1. The molecule has 4 N–H and O–H groups in total. The first-order chi connectivity index (χ1) is 9.49. The van der Waals surface area contributed by atoms with Crippen LogP contribution in [0.1, 0.15) is 30.4 Å². The van der Waals surface area contributed by atoms with Crippen LogP contribution in [0.4, 0.5) is 5.69 Å². The monoisotopic (exact) mass is 340 g/mol. The molecule has 0 fully saturated rings. The molecule has 1 aliphatic rings. The van der Waals surface area contributed by atoms with Gasteiger partial charge < -0.3 is 16.2 Å². The Hall–Kier alpha value is -1.40. The summed E-state index contributed by atoms with van der Waals surface area (Å²) in [5.41, 5.74) is 8.66. The number of hydrogen-bond donors (Lipinski definition) is 3. The van der Waals surface area contributed by atoms with E-state index in [0.717, 1.165) is 41.4 Å². The Balaban J connectivity index is 2.17. The fourth-order valence-corrected chi connectivity index (χ4v) is 3.02. The van der Waals surface area contributed by atoms with E-state index in [9.17, 15) is 9.59 Å². The quantitative estimate of drug-likeness (QED) is 0.782. The van der Waals surface area contributed by atoms with Crippen molar-refractivity contribution in [1.82, 2.24) is 0 Å². The Morgan fingerprint density at radius 3 is 2.60 bits per heavy atom. The van der Waals surface area contributed by atoms with Gasteiger partial charge in [-0.2, -0.15) is 0 Å². The molecule has 6 heteroatoms. The molecule has 2 rings (SSSR count). The molecule has 0 saturated carbocycles. The van der Waals surface area contributed by atoms with E-state index in [1.165, 1.54) is 5.56 Å². The first kappa shape index (κ1) is 15.0. The molecule has 1 amide bonds. The zero-order valence-electron chi connectivity index (χ0n) is 11.0. The first-order valence-electron chi connectivity index (χ1n) is 6.57. The molecule has 0 heterocycles. The Kier molecular flexibility index (Phi) is 4.77.